The third-order valence-corrected chi connectivity index (χ3v) is 5.71. The Morgan fingerprint density at radius 1 is 1.00 bits per heavy atom. The van der Waals surface area contributed by atoms with Gasteiger partial charge in [-0.3, -0.25) is 14.2 Å². The van der Waals surface area contributed by atoms with Gasteiger partial charge in [0.1, 0.15) is 11.4 Å². The van der Waals surface area contributed by atoms with Crippen molar-refractivity contribution in [2.24, 2.45) is 0 Å². The molecule has 1 aromatic carbocycles. The van der Waals surface area contributed by atoms with Crippen LogP contribution in [0.3, 0.4) is 0 Å². The van der Waals surface area contributed by atoms with Gasteiger partial charge in [-0.1, -0.05) is 0 Å². The van der Waals surface area contributed by atoms with Crippen LogP contribution in [-0.2, 0) is 18.9 Å². The lowest BCUT2D eigenvalue weighted by Crippen LogP contribution is -2.27. The molecule has 4 aromatic rings. The SMILES string of the molecule is C[C@@H](CCCn1cnc2cc(-c3ncc(C(F)(F)F)cn3)c(F)cc2c1=O)Nc1cn[nH]c(=O)c1C(F)(F)F. The fourth-order valence-electron chi connectivity index (χ4n) is 3.82. The van der Waals surface area contributed by atoms with E-state index < -0.39 is 52.1 Å². The molecule has 0 radical (unpaired) electrons. The average molecular weight is 557 g/mol. The van der Waals surface area contributed by atoms with Crippen molar-refractivity contribution in [3.63, 3.8) is 0 Å². The molecule has 0 fully saturated rings. The van der Waals surface area contributed by atoms with E-state index in [1.165, 1.54) is 10.9 Å². The number of benzene rings is 1. The molecule has 0 saturated carbocycles. The number of anilines is 1. The Hall–Kier alpha value is -4.37. The summed E-state index contributed by atoms with van der Waals surface area (Å²) in [6.07, 6.45) is -5.88. The molecular formula is C23H18F7N7O2. The van der Waals surface area contributed by atoms with Gasteiger partial charge < -0.3 is 5.32 Å². The highest BCUT2D eigenvalue weighted by Crippen LogP contribution is 2.32. The molecule has 0 aliphatic carbocycles. The van der Waals surface area contributed by atoms with E-state index in [9.17, 15) is 40.3 Å². The first-order valence-electron chi connectivity index (χ1n) is 11.3. The maximum absolute atomic E-state index is 14.8. The van der Waals surface area contributed by atoms with Crippen LogP contribution < -0.4 is 16.4 Å². The van der Waals surface area contributed by atoms with E-state index in [0.717, 1.165) is 18.3 Å². The molecule has 0 spiro atoms. The predicted molar refractivity (Wildman–Crippen MR) is 124 cm³/mol. The zero-order valence-electron chi connectivity index (χ0n) is 19.9. The van der Waals surface area contributed by atoms with Gasteiger partial charge in [-0.2, -0.15) is 31.4 Å². The molecule has 206 valence electrons. The molecule has 0 bridgehead atoms. The molecule has 16 heteroatoms. The highest BCUT2D eigenvalue weighted by molar-refractivity contribution is 5.82. The molecule has 0 amide bonds. The first-order chi connectivity index (χ1) is 18.3. The predicted octanol–water partition coefficient (Wildman–Crippen LogP) is 4.39. The van der Waals surface area contributed by atoms with Crippen LogP contribution in [0.4, 0.5) is 36.4 Å². The normalized spacial score (nSPS) is 13.0. The van der Waals surface area contributed by atoms with Crippen molar-refractivity contribution < 1.29 is 30.7 Å². The summed E-state index contributed by atoms with van der Waals surface area (Å²) in [5, 5.41) is 7.64. The van der Waals surface area contributed by atoms with E-state index in [1.54, 1.807) is 12.0 Å². The zero-order valence-corrected chi connectivity index (χ0v) is 19.9. The molecule has 0 unspecified atom stereocenters. The van der Waals surface area contributed by atoms with Gasteiger partial charge >= 0.3 is 12.4 Å². The molecule has 9 nitrogen and oxygen atoms in total. The lowest BCUT2D eigenvalue weighted by atomic mass is 10.1. The molecule has 1 atom stereocenters. The summed E-state index contributed by atoms with van der Waals surface area (Å²) in [7, 11) is 0. The van der Waals surface area contributed by atoms with E-state index in [0.29, 0.717) is 18.8 Å². The van der Waals surface area contributed by atoms with Gasteiger partial charge in [-0.15, -0.1) is 0 Å². The Balaban J connectivity index is 1.47. The fraction of sp³-hybridized carbons (Fsp3) is 0.304. The number of aromatic nitrogens is 6. The second kappa shape index (κ2) is 10.4. The Bertz CT molecular complexity index is 1610. The van der Waals surface area contributed by atoms with Crippen LogP contribution in [0, 0.1) is 5.82 Å². The van der Waals surface area contributed by atoms with Crippen LogP contribution in [0.2, 0.25) is 0 Å². The fourth-order valence-corrected chi connectivity index (χ4v) is 3.82. The summed E-state index contributed by atoms with van der Waals surface area (Å²) in [5.41, 5.74) is -5.14. The Kier molecular flexibility index (Phi) is 7.39. The number of rotatable bonds is 7. The standard InChI is InChI=1S/C23H18F7N7O2/c1-11(35-17-9-34-36-20(38)18(17)23(28,29)30)3-2-4-37-10-33-16-6-13(15(24)5-14(16)21(37)39)19-31-7-12(8-32-19)22(25,26)27/h5-11H,2-4H2,1H3,(H2,35,36,38)/t11-/m0/s1. The van der Waals surface area contributed by atoms with Gasteiger partial charge in [0, 0.05) is 25.0 Å². The minimum absolute atomic E-state index is 0.0627. The minimum Gasteiger partial charge on any atom is -0.381 e. The maximum atomic E-state index is 14.8. The quantitative estimate of drug-likeness (QED) is 0.324. The van der Waals surface area contributed by atoms with Gasteiger partial charge in [0.25, 0.3) is 11.1 Å². The topological polar surface area (TPSA) is 118 Å². The molecular weight excluding hydrogens is 539 g/mol. The Morgan fingerprint density at radius 2 is 1.69 bits per heavy atom. The van der Waals surface area contributed by atoms with E-state index in [1.807, 2.05) is 0 Å². The van der Waals surface area contributed by atoms with E-state index in [-0.39, 0.29) is 35.3 Å². The van der Waals surface area contributed by atoms with Crippen molar-refractivity contribution in [3.8, 4) is 11.4 Å². The molecule has 0 aliphatic rings. The van der Waals surface area contributed by atoms with Crippen LogP contribution in [-0.4, -0.2) is 35.8 Å². The summed E-state index contributed by atoms with van der Waals surface area (Å²) < 4.78 is 93.8. The minimum atomic E-state index is -4.89. The van der Waals surface area contributed by atoms with E-state index >= 15 is 0 Å². The van der Waals surface area contributed by atoms with Gasteiger partial charge in [0.15, 0.2) is 5.82 Å². The van der Waals surface area contributed by atoms with Gasteiger partial charge in [-0.25, -0.2) is 24.4 Å². The van der Waals surface area contributed by atoms with E-state index in [4.69, 9.17) is 0 Å². The molecule has 0 aliphatic heterocycles. The van der Waals surface area contributed by atoms with Crippen molar-refractivity contribution in [1.82, 2.24) is 29.7 Å². The lowest BCUT2D eigenvalue weighted by molar-refractivity contribution is -0.139. The number of hydrogen-bond acceptors (Lipinski definition) is 7. The highest BCUT2D eigenvalue weighted by atomic mass is 19.4. The molecule has 2 N–H and O–H groups in total. The van der Waals surface area contributed by atoms with Crippen molar-refractivity contribution in [3.05, 3.63) is 74.7 Å². The third-order valence-electron chi connectivity index (χ3n) is 5.71. The van der Waals surface area contributed by atoms with Crippen molar-refractivity contribution >= 4 is 16.6 Å². The van der Waals surface area contributed by atoms with Crippen LogP contribution >= 0.6 is 0 Å². The van der Waals surface area contributed by atoms with Crippen LogP contribution in [0.25, 0.3) is 22.3 Å². The summed E-state index contributed by atoms with van der Waals surface area (Å²) in [4.78, 5) is 35.7. The van der Waals surface area contributed by atoms with Crippen molar-refractivity contribution in [2.75, 3.05) is 5.32 Å². The maximum Gasteiger partial charge on any atom is 0.423 e. The molecule has 39 heavy (non-hydrogen) atoms. The summed E-state index contributed by atoms with van der Waals surface area (Å²) in [6.45, 7) is 1.68. The Morgan fingerprint density at radius 3 is 2.33 bits per heavy atom. The number of halogens is 7. The second-order valence-electron chi connectivity index (χ2n) is 8.56. The Labute approximate surface area is 213 Å². The largest absolute Gasteiger partial charge is 0.423 e. The smallest absolute Gasteiger partial charge is 0.381 e. The number of nitrogens with zero attached hydrogens (tertiary/aromatic N) is 5. The third kappa shape index (κ3) is 6.04. The first kappa shape index (κ1) is 27.7. The number of fused-ring (bicyclic) bond motifs is 1. The highest BCUT2D eigenvalue weighted by Gasteiger charge is 2.37. The monoisotopic (exact) mass is 557 g/mol. The van der Waals surface area contributed by atoms with E-state index in [2.05, 4.69) is 25.4 Å². The van der Waals surface area contributed by atoms with Crippen LogP contribution in [0.5, 0.6) is 0 Å². The van der Waals surface area contributed by atoms with Gasteiger partial charge in [0.05, 0.1) is 40.2 Å². The lowest BCUT2D eigenvalue weighted by Gasteiger charge is -2.18. The molecule has 3 heterocycles. The molecule has 0 saturated heterocycles. The number of H-pyrrole nitrogens is 1. The van der Waals surface area contributed by atoms with Crippen molar-refractivity contribution in [1.29, 1.82) is 0 Å². The number of aromatic amines is 1. The number of alkyl halides is 6. The molecule has 3 aromatic heterocycles. The number of hydrogen-bond donors (Lipinski definition) is 2. The zero-order chi connectivity index (χ0) is 28.5. The summed E-state index contributed by atoms with van der Waals surface area (Å²) >= 11 is 0. The second-order valence-corrected chi connectivity index (χ2v) is 8.56. The van der Waals surface area contributed by atoms with Crippen LogP contribution in [0.15, 0.2) is 46.6 Å². The summed E-state index contributed by atoms with van der Waals surface area (Å²) in [5.74, 6) is -1.26. The number of nitrogens with one attached hydrogen (secondary N) is 2. The average Bonchev–Trinajstić information content (AvgIpc) is 2.84. The summed E-state index contributed by atoms with van der Waals surface area (Å²) in [6, 6.07) is 1.50. The van der Waals surface area contributed by atoms with Crippen LogP contribution in [0.1, 0.15) is 30.9 Å². The van der Waals surface area contributed by atoms with Crippen molar-refractivity contribution in [2.45, 2.75) is 44.7 Å². The first-order valence-corrected chi connectivity index (χ1v) is 11.3. The van der Waals surface area contributed by atoms with Gasteiger partial charge in [-0.05, 0) is 31.9 Å². The molecule has 4 rings (SSSR count). The van der Waals surface area contributed by atoms with Gasteiger partial charge in [0.2, 0.25) is 0 Å². The number of aryl methyl sites for hydroxylation is 1.